The summed E-state index contributed by atoms with van der Waals surface area (Å²) >= 11 is 0. The average molecular weight is 263 g/mol. The lowest BCUT2D eigenvalue weighted by atomic mass is 10.3. The molecule has 1 amide bonds. The number of hydrogen-bond donors (Lipinski definition) is 1. The molecule has 0 spiro atoms. The van der Waals surface area contributed by atoms with E-state index in [4.69, 9.17) is 4.52 Å². The summed E-state index contributed by atoms with van der Waals surface area (Å²) < 4.78 is 6.82. The molecular formula is C12H17N5O2. The maximum absolute atomic E-state index is 11.8. The molecule has 0 unspecified atom stereocenters. The molecule has 7 heteroatoms. The molecule has 0 saturated heterocycles. The summed E-state index contributed by atoms with van der Waals surface area (Å²) in [5.41, 5.74) is 1.59. The van der Waals surface area contributed by atoms with Crippen LogP contribution in [0.3, 0.4) is 0 Å². The molecule has 0 aliphatic rings. The number of rotatable bonds is 4. The second-order valence-corrected chi connectivity index (χ2v) is 4.52. The topological polar surface area (TPSA) is 76.2 Å². The van der Waals surface area contributed by atoms with E-state index < -0.39 is 0 Å². The van der Waals surface area contributed by atoms with Crippen molar-refractivity contribution in [2.24, 2.45) is 7.05 Å². The van der Waals surface area contributed by atoms with Crippen molar-refractivity contribution >= 4 is 11.9 Å². The Bertz CT molecular complexity index is 585. The number of imidazole rings is 1. The molecule has 7 nitrogen and oxygen atoms in total. The third-order valence-electron chi connectivity index (χ3n) is 2.74. The standard InChI is InChI=1S/C12H17N5O2/c1-8-5-10(19-15-8)11(18)13-6-9-7-14-12(16(2)3)17(9)4/h5,7H,6H2,1-4H3,(H,13,18). The molecule has 0 aliphatic heterocycles. The summed E-state index contributed by atoms with van der Waals surface area (Å²) in [6.45, 7) is 2.15. The van der Waals surface area contributed by atoms with E-state index >= 15 is 0 Å². The van der Waals surface area contributed by atoms with E-state index in [1.807, 2.05) is 30.6 Å². The molecule has 2 rings (SSSR count). The largest absolute Gasteiger partial charge is 0.351 e. The van der Waals surface area contributed by atoms with Crippen LogP contribution in [-0.2, 0) is 13.6 Å². The zero-order valence-corrected chi connectivity index (χ0v) is 11.5. The Morgan fingerprint density at radius 3 is 2.79 bits per heavy atom. The predicted octanol–water partition coefficient (Wildman–Crippen LogP) is 0.713. The Kier molecular flexibility index (Phi) is 3.55. The van der Waals surface area contributed by atoms with Crippen molar-refractivity contribution in [1.82, 2.24) is 20.0 Å². The van der Waals surface area contributed by atoms with Gasteiger partial charge in [-0.25, -0.2) is 4.98 Å². The van der Waals surface area contributed by atoms with Crippen molar-refractivity contribution in [1.29, 1.82) is 0 Å². The van der Waals surface area contributed by atoms with Gasteiger partial charge in [0.2, 0.25) is 11.7 Å². The first-order valence-electron chi connectivity index (χ1n) is 5.88. The summed E-state index contributed by atoms with van der Waals surface area (Å²) in [4.78, 5) is 18.0. The van der Waals surface area contributed by atoms with Crippen LogP contribution in [0.15, 0.2) is 16.8 Å². The molecule has 0 bridgehead atoms. The van der Waals surface area contributed by atoms with Crippen LogP contribution in [0.1, 0.15) is 21.9 Å². The highest BCUT2D eigenvalue weighted by molar-refractivity contribution is 5.91. The minimum absolute atomic E-state index is 0.215. The smallest absolute Gasteiger partial charge is 0.290 e. The van der Waals surface area contributed by atoms with E-state index in [0.29, 0.717) is 12.2 Å². The Hall–Kier alpha value is -2.31. The van der Waals surface area contributed by atoms with Crippen molar-refractivity contribution in [3.8, 4) is 0 Å². The van der Waals surface area contributed by atoms with E-state index in [-0.39, 0.29) is 11.7 Å². The Morgan fingerprint density at radius 2 is 2.26 bits per heavy atom. The van der Waals surface area contributed by atoms with Crippen molar-refractivity contribution in [3.63, 3.8) is 0 Å². The lowest BCUT2D eigenvalue weighted by Crippen LogP contribution is -2.24. The van der Waals surface area contributed by atoms with Gasteiger partial charge < -0.3 is 19.3 Å². The molecule has 0 radical (unpaired) electrons. The van der Waals surface area contributed by atoms with Gasteiger partial charge in [0.05, 0.1) is 24.1 Å². The number of nitrogens with zero attached hydrogens (tertiary/aromatic N) is 4. The van der Waals surface area contributed by atoms with Crippen molar-refractivity contribution < 1.29 is 9.32 Å². The van der Waals surface area contributed by atoms with Crippen molar-refractivity contribution in [3.05, 3.63) is 29.4 Å². The summed E-state index contributed by atoms with van der Waals surface area (Å²) in [7, 11) is 5.74. The molecule has 0 aliphatic carbocycles. The molecule has 1 N–H and O–H groups in total. The van der Waals surface area contributed by atoms with Crippen molar-refractivity contribution in [2.75, 3.05) is 19.0 Å². The van der Waals surface area contributed by atoms with Crippen LogP contribution in [-0.4, -0.2) is 34.7 Å². The summed E-state index contributed by atoms with van der Waals surface area (Å²) in [5.74, 6) is 0.764. The number of carbonyl (C=O) groups is 1. The fraction of sp³-hybridized carbons (Fsp3) is 0.417. The number of aromatic nitrogens is 3. The van der Waals surface area contributed by atoms with Crippen LogP contribution < -0.4 is 10.2 Å². The van der Waals surface area contributed by atoms with E-state index in [1.165, 1.54) is 0 Å². The number of nitrogens with one attached hydrogen (secondary N) is 1. The quantitative estimate of drug-likeness (QED) is 0.879. The van der Waals surface area contributed by atoms with E-state index in [9.17, 15) is 4.79 Å². The summed E-state index contributed by atoms with van der Waals surface area (Å²) in [5, 5.41) is 6.45. The number of amides is 1. The Morgan fingerprint density at radius 1 is 1.53 bits per heavy atom. The van der Waals surface area contributed by atoms with E-state index in [2.05, 4.69) is 15.5 Å². The van der Waals surface area contributed by atoms with E-state index in [1.54, 1.807) is 19.2 Å². The van der Waals surface area contributed by atoms with Gasteiger partial charge in [0.1, 0.15) is 0 Å². The second kappa shape index (κ2) is 5.13. The van der Waals surface area contributed by atoms with E-state index in [0.717, 1.165) is 11.6 Å². The first kappa shape index (κ1) is 13.1. The highest BCUT2D eigenvalue weighted by Crippen LogP contribution is 2.11. The van der Waals surface area contributed by atoms with Crippen LogP contribution in [0.25, 0.3) is 0 Å². The van der Waals surface area contributed by atoms with Crippen LogP contribution in [0.4, 0.5) is 5.95 Å². The molecular weight excluding hydrogens is 246 g/mol. The predicted molar refractivity (Wildman–Crippen MR) is 69.9 cm³/mol. The highest BCUT2D eigenvalue weighted by atomic mass is 16.5. The highest BCUT2D eigenvalue weighted by Gasteiger charge is 2.13. The zero-order valence-electron chi connectivity index (χ0n) is 11.5. The Balaban J connectivity index is 2.01. The van der Waals surface area contributed by atoms with Crippen molar-refractivity contribution in [2.45, 2.75) is 13.5 Å². The van der Waals surface area contributed by atoms with Gasteiger partial charge in [0.25, 0.3) is 5.91 Å². The lowest BCUT2D eigenvalue weighted by molar-refractivity contribution is 0.0913. The second-order valence-electron chi connectivity index (χ2n) is 4.52. The van der Waals surface area contributed by atoms with Crippen LogP contribution >= 0.6 is 0 Å². The average Bonchev–Trinajstić information content (AvgIpc) is 2.93. The van der Waals surface area contributed by atoms with Gasteiger partial charge >= 0.3 is 0 Å². The Labute approximate surface area is 111 Å². The number of anilines is 1. The van der Waals surface area contributed by atoms with Crippen LogP contribution in [0, 0.1) is 6.92 Å². The van der Waals surface area contributed by atoms with Gasteiger partial charge in [-0.3, -0.25) is 4.79 Å². The normalized spacial score (nSPS) is 10.5. The minimum atomic E-state index is -0.284. The molecule has 0 aromatic carbocycles. The van der Waals surface area contributed by atoms with Crippen LogP contribution in [0.2, 0.25) is 0 Å². The fourth-order valence-corrected chi connectivity index (χ4v) is 1.74. The third-order valence-corrected chi connectivity index (χ3v) is 2.74. The molecule has 2 aromatic heterocycles. The van der Waals surface area contributed by atoms with Gasteiger partial charge in [-0.15, -0.1) is 0 Å². The maximum atomic E-state index is 11.8. The maximum Gasteiger partial charge on any atom is 0.290 e. The van der Waals surface area contributed by atoms with Crippen LogP contribution in [0.5, 0.6) is 0 Å². The van der Waals surface area contributed by atoms with Gasteiger partial charge in [-0.1, -0.05) is 5.16 Å². The van der Waals surface area contributed by atoms with Gasteiger partial charge in [0, 0.05) is 27.2 Å². The molecule has 2 heterocycles. The molecule has 2 aromatic rings. The molecule has 0 saturated carbocycles. The first-order chi connectivity index (χ1) is 8.99. The number of carbonyl (C=O) groups excluding carboxylic acids is 1. The number of hydrogen-bond acceptors (Lipinski definition) is 5. The first-order valence-corrected chi connectivity index (χ1v) is 5.88. The SMILES string of the molecule is Cc1cc(C(=O)NCc2cnc(N(C)C)n2C)on1. The molecule has 0 fully saturated rings. The van der Waals surface area contributed by atoms with Gasteiger partial charge in [-0.05, 0) is 6.92 Å². The molecule has 102 valence electrons. The lowest BCUT2D eigenvalue weighted by Gasteiger charge is -2.12. The summed E-state index contributed by atoms with van der Waals surface area (Å²) in [6.07, 6.45) is 1.74. The molecule has 19 heavy (non-hydrogen) atoms. The molecule has 0 atom stereocenters. The summed E-state index contributed by atoms with van der Waals surface area (Å²) in [6, 6.07) is 1.60. The monoisotopic (exact) mass is 263 g/mol. The fourth-order valence-electron chi connectivity index (χ4n) is 1.74. The van der Waals surface area contributed by atoms with Gasteiger partial charge in [0.15, 0.2) is 0 Å². The number of aryl methyl sites for hydroxylation is 1. The van der Waals surface area contributed by atoms with Gasteiger partial charge in [-0.2, -0.15) is 0 Å². The zero-order chi connectivity index (χ0) is 14.0. The minimum Gasteiger partial charge on any atom is -0.351 e. The third kappa shape index (κ3) is 2.75.